The molecule has 0 aliphatic rings. The monoisotopic (exact) mass is 433 g/mol. The molecule has 160 valence electrons. The van der Waals surface area contributed by atoms with Crippen LogP contribution >= 0.6 is 0 Å². The van der Waals surface area contributed by atoms with Crippen LogP contribution in [0.5, 0.6) is 0 Å². The van der Waals surface area contributed by atoms with Crippen LogP contribution in [0.4, 0.5) is 48.3 Å². The van der Waals surface area contributed by atoms with Gasteiger partial charge < -0.3 is 5.32 Å². The Hall–Kier alpha value is -2.12. The van der Waals surface area contributed by atoms with Crippen molar-refractivity contribution in [3.8, 4) is 0 Å². The van der Waals surface area contributed by atoms with Crippen LogP contribution in [0, 0.1) is 0 Å². The van der Waals surface area contributed by atoms with Gasteiger partial charge in [0.15, 0.2) is 0 Å². The summed E-state index contributed by atoms with van der Waals surface area (Å²) in [5.74, 6) is -16.5. The van der Waals surface area contributed by atoms with Crippen molar-refractivity contribution < 1.29 is 57.8 Å². The number of benzene rings is 1. The normalized spacial score (nSPS) is 17.0. The van der Waals surface area contributed by atoms with Crippen LogP contribution < -0.4 is 5.32 Å². The van der Waals surface area contributed by atoms with Gasteiger partial charge in [-0.3, -0.25) is 9.53 Å². The summed E-state index contributed by atoms with van der Waals surface area (Å²) in [5.41, 5.74) is 0.0350. The van der Waals surface area contributed by atoms with Crippen LogP contribution in [-0.4, -0.2) is 36.1 Å². The highest BCUT2D eigenvalue weighted by Crippen LogP contribution is 2.51. The number of nitrogens with one attached hydrogen (secondary N) is 1. The molecule has 1 rings (SSSR count). The van der Waals surface area contributed by atoms with Gasteiger partial charge >= 0.3 is 30.2 Å². The van der Waals surface area contributed by atoms with Crippen molar-refractivity contribution in [3.05, 3.63) is 35.9 Å². The van der Waals surface area contributed by atoms with E-state index in [1.54, 1.807) is 0 Å². The van der Waals surface area contributed by atoms with E-state index in [4.69, 9.17) is 0 Å². The van der Waals surface area contributed by atoms with Gasteiger partial charge in [0, 0.05) is 0 Å². The minimum Gasteiger partial charge on any atom is -0.344 e. The molecule has 0 bridgehead atoms. The lowest BCUT2D eigenvalue weighted by atomic mass is 10.1. The van der Waals surface area contributed by atoms with Gasteiger partial charge in [-0.15, -0.1) is 0 Å². The van der Waals surface area contributed by atoms with Gasteiger partial charge in [0.05, 0.1) is 6.04 Å². The number of carbonyl (C=O) groups excluding carboxylic acids is 1. The molecule has 1 aromatic carbocycles. The van der Waals surface area contributed by atoms with Gasteiger partial charge in [-0.2, -0.15) is 48.3 Å². The van der Waals surface area contributed by atoms with E-state index in [0.717, 1.165) is 6.92 Å². The number of hydrogen-bond donors (Lipinski definition) is 1. The van der Waals surface area contributed by atoms with E-state index in [0.29, 0.717) is 0 Å². The molecule has 14 heteroatoms. The lowest BCUT2D eigenvalue weighted by molar-refractivity contribution is -0.473. The molecule has 0 aromatic heterocycles. The molecule has 3 nitrogen and oxygen atoms in total. The van der Waals surface area contributed by atoms with Crippen LogP contribution in [0.15, 0.2) is 30.3 Å². The minimum atomic E-state index is -7.23. The lowest BCUT2D eigenvalue weighted by Gasteiger charge is -2.34. The number of alkyl halides is 11. The van der Waals surface area contributed by atoms with Gasteiger partial charge in [-0.1, -0.05) is 30.3 Å². The summed E-state index contributed by atoms with van der Waals surface area (Å²) in [7, 11) is 0. The van der Waals surface area contributed by atoms with Crippen molar-refractivity contribution in [2.75, 3.05) is 0 Å². The predicted octanol–water partition coefficient (Wildman–Crippen LogP) is 4.90. The molecule has 0 spiro atoms. The number of hydrogen-bond acceptors (Lipinski definition) is 2. The number of halogens is 11. The van der Waals surface area contributed by atoms with Gasteiger partial charge in [-0.05, 0) is 12.5 Å². The summed E-state index contributed by atoms with van der Waals surface area (Å²) in [6.45, 7) is 0.965. The molecule has 0 radical (unpaired) electrons. The minimum absolute atomic E-state index is 0.0350. The molecule has 1 N–H and O–H groups in total. The molecule has 1 amide bonds. The molecule has 0 unspecified atom stereocenters. The highest BCUT2D eigenvalue weighted by atomic mass is 19.4. The first-order valence-electron chi connectivity index (χ1n) is 7.01. The first-order valence-corrected chi connectivity index (χ1v) is 7.01. The highest BCUT2D eigenvalue weighted by Gasteiger charge is 2.79. The fourth-order valence-corrected chi connectivity index (χ4v) is 1.75. The molecule has 0 heterocycles. The van der Waals surface area contributed by atoms with Crippen LogP contribution in [0.25, 0.3) is 0 Å². The summed E-state index contributed by atoms with van der Waals surface area (Å²) < 4.78 is 142. The maximum atomic E-state index is 14.0. The molecule has 0 aliphatic carbocycles. The first-order chi connectivity index (χ1) is 12.4. The maximum absolute atomic E-state index is 14.0. The summed E-state index contributed by atoms with van der Waals surface area (Å²) in [6, 6.07) is 5.05. The third-order valence-electron chi connectivity index (χ3n) is 3.29. The SMILES string of the molecule is C[C@@H](NC(=O)[C@@](F)(OC(F)(F)C(F)(F)C(F)(F)F)C(F)(F)F)c1ccccc1. The van der Waals surface area contributed by atoms with Gasteiger partial charge in [0.1, 0.15) is 0 Å². The molecule has 28 heavy (non-hydrogen) atoms. The van der Waals surface area contributed by atoms with E-state index in [2.05, 4.69) is 4.74 Å². The Balaban J connectivity index is 3.24. The van der Waals surface area contributed by atoms with E-state index >= 15 is 0 Å². The van der Waals surface area contributed by atoms with E-state index in [-0.39, 0.29) is 5.56 Å². The van der Waals surface area contributed by atoms with Crippen LogP contribution in [0.2, 0.25) is 0 Å². The Morgan fingerprint density at radius 2 is 1.32 bits per heavy atom. The second-order valence-electron chi connectivity index (χ2n) is 5.39. The standard InChI is InChI=1S/C14H10F11NO2/c1-7(8-5-3-2-4-6-8)26-9(27)10(15,12(18,19)20)28-14(24,25)11(16,17)13(21,22)23/h2-7H,1H3,(H,26,27)/t7-,10-/m1/s1. The Bertz CT molecular complexity index is 687. The Kier molecular flexibility index (Phi) is 6.29. The fourth-order valence-electron chi connectivity index (χ4n) is 1.75. The number of rotatable bonds is 6. The molecule has 2 atom stereocenters. The zero-order chi connectivity index (χ0) is 22.2. The summed E-state index contributed by atoms with van der Waals surface area (Å²) >= 11 is 0. The molecule has 1 aromatic rings. The molecule has 0 saturated heterocycles. The summed E-state index contributed by atoms with van der Waals surface area (Å²) in [5, 5.41) is 1.24. The number of ether oxygens (including phenoxy) is 1. The van der Waals surface area contributed by atoms with Gasteiger partial charge in [0.2, 0.25) is 0 Å². The van der Waals surface area contributed by atoms with Gasteiger partial charge in [-0.25, -0.2) is 0 Å². The van der Waals surface area contributed by atoms with Crippen LogP contribution in [-0.2, 0) is 9.53 Å². The molecule has 0 aliphatic heterocycles. The van der Waals surface area contributed by atoms with E-state index < -0.39 is 42.2 Å². The summed E-state index contributed by atoms with van der Waals surface area (Å²) in [4.78, 5) is 11.6. The highest BCUT2D eigenvalue weighted by molar-refractivity contribution is 5.85. The third-order valence-corrected chi connectivity index (χ3v) is 3.29. The second-order valence-corrected chi connectivity index (χ2v) is 5.39. The Morgan fingerprint density at radius 1 is 0.857 bits per heavy atom. The Morgan fingerprint density at radius 3 is 1.71 bits per heavy atom. The van der Waals surface area contributed by atoms with Crippen LogP contribution in [0.3, 0.4) is 0 Å². The van der Waals surface area contributed by atoms with Crippen molar-refractivity contribution in [2.45, 2.75) is 43.2 Å². The first kappa shape index (κ1) is 23.9. The zero-order valence-corrected chi connectivity index (χ0v) is 13.4. The Labute approximate surface area is 149 Å². The predicted molar refractivity (Wildman–Crippen MR) is 69.9 cm³/mol. The van der Waals surface area contributed by atoms with Crippen molar-refractivity contribution in [1.82, 2.24) is 5.32 Å². The summed E-state index contributed by atoms with van der Waals surface area (Å²) in [6.07, 6.45) is -20.9. The average Bonchev–Trinajstić information content (AvgIpc) is 2.52. The third kappa shape index (κ3) is 4.47. The molecular formula is C14H10F11NO2. The quantitative estimate of drug-likeness (QED) is 0.649. The van der Waals surface area contributed by atoms with Crippen molar-refractivity contribution in [1.29, 1.82) is 0 Å². The van der Waals surface area contributed by atoms with Crippen molar-refractivity contribution in [3.63, 3.8) is 0 Å². The largest absolute Gasteiger partial charge is 0.462 e. The second kappa shape index (κ2) is 7.37. The average molecular weight is 433 g/mol. The van der Waals surface area contributed by atoms with E-state index in [1.807, 2.05) is 0 Å². The smallest absolute Gasteiger partial charge is 0.344 e. The van der Waals surface area contributed by atoms with E-state index in [9.17, 15) is 53.1 Å². The van der Waals surface area contributed by atoms with Crippen molar-refractivity contribution in [2.24, 2.45) is 0 Å². The molecular weight excluding hydrogens is 423 g/mol. The lowest BCUT2D eigenvalue weighted by Crippen LogP contribution is -2.63. The molecule has 0 fully saturated rings. The molecule has 0 saturated carbocycles. The van der Waals surface area contributed by atoms with E-state index in [1.165, 1.54) is 35.6 Å². The van der Waals surface area contributed by atoms with Crippen LogP contribution in [0.1, 0.15) is 18.5 Å². The number of carbonyl (C=O) groups is 1. The topological polar surface area (TPSA) is 38.3 Å². The van der Waals surface area contributed by atoms with Crippen molar-refractivity contribution >= 4 is 5.91 Å². The maximum Gasteiger partial charge on any atom is 0.462 e. The fraction of sp³-hybridized carbons (Fsp3) is 0.500. The number of amides is 1. The zero-order valence-electron chi connectivity index (χ0n) is 13.4. The van der Waals surface area contributed by atoms with Gasteiger partial charge in [0.25, 0.3) is 5.91 Å².